The molecule has 3 unspecified atom stereocenters. The molecule has 1 spiro atoms. The van der Waals surface area contributed by atoms with Crippen LogP contribution in [0.15, 0.2) is 0 Å². The van der Waals surface area contributed by atoms with Crippen LogP contribution in [0.2, 0.25) is 0 Å². The summed E-state index contributed by atoms with van der Waals surface area (Å²) in [6.07, 6.45) is 10.9. The Morgan fingerprint density at radius 1 is 1.08 bits per heavy atom. The first-order chi connectivity index (χ1) is 6.10. The first kappa shape index (κ1) is 8.32. The van der Waals surface area contributed by atoms with E-state index in [2.05, 4.69) is 13.8 Å². The van der Waals surface area contributed by atoms with Crippen molar-refractivity contribution in [3.05, 3.63) is 0 Å². The Balaban J connectivity index is 1.85. The van der Waals surface area contributed by atoms with Crippen LogP contribution in [0.4, 0.5) is 0 Å². The average Bonchev–Trinajstić information content (AvgIpc) is 2.65. The largest absolute Gasteiger partial charge is 0.0599 e. The summed E-state index contributed by atoms with van der Waals surface area (Å²) in [6.45, 7) is 4.96. The van der Waals surface area contributed by atoms with Crippen LogP contribution in [0.3, 0.4) is 0 Å². The second kappa shape index (κ2) is 2.32. The zero-order valence-corrected chi connectivity index (χ0v) is 9.10. The molecule has 0 nitrogen and oxygen atoms in total. The van der Waals surface area contributed by atoms with E-state index in [-0.39, 0.29) is 0 Å². The van der Waals surface area contributed by atoms with E-state index in [4.69, 9.17) is 0 Å². The van der Waals surface area contributed by atoms with Crippen LogP contribution in [0.1, 0.15) is 58.8 Å². The van der Waals surface area contributed by atoms with E-state index in [9.17, 15) is 0 Å². The fourth-order valence-corrected chi connectivity index (χ4v) is 4.80. The van der Waals surface area contributed by atoms with Gasteiger partial charge in [-0.3, -0.25) is 0 Å². The maximum atomic E-state index is 2.48. The van der Waals surface area contributed by atoms with Gasteiger partial charge in [0.15, 0.2) is 0 Å². The van der Waals surface area contributed by atoms with Crippen LogP contribution in [0.25, 0.3) is 0 Å². The molecule has 74 valence electrons. The third-order valence-corrected chi connectivity index (χ3v) is 5.23. The van der Waals surface area contributed by atoms with Gasteiger partial charge in [0, 0.05) is 0 Å². The lowest BCUT2D eigenvalue weighted by Gasteiger charge is -2.35. The zero-order valence-electron chi connectivity index (χ0n) is 9.10. The van der Waals surface area contributed by atoms with Gasteiger partial charge < -0.3 is 0 Å². The van der Waals surface area contributed by atoms with Crippen molar-refractivity contribution in [3.63, 3.8) is 0 Å². The molecular weight excluding hydrogens is 156 g/mol. The van der Waals surface area contributed by atoms with Gasteiger partial charge >= 0.3 is 0 Å². The highest BCUT2D eigenvalue weighted by Crippen LogP contribution is 2.66. The highest BCUT2D eigenvalue weighted by molar-refractivity contribution is 5.05. The molecule has 0 heterocycles. The lowest BCUT2D eigenvalue weighted by Crippen LogP contribution is -2.25. The van der Waals surface area contributed by atoms with Crippen molar-refractivity contribution < 1.29 is 0 Å². The standard InChI is InChI=1S/C13H22/c1-12(2)5-6-13(9-12)8-10-3-4-11(13)7-10/h10-11H,3-9H2,1-2H3. The summed E-state index contributed by atoms with van der Waals surface area (Å²) in [5.74, 6) is 2.28. The maximum absolute atomic E-state index is 2.48. The predicted molar refractivity (Wildman–Crippen MR) is 55.5 cm³/mol. The highest BCUT2D eigenvalue weighted by Gasteiger charge is 2.55. The molecule has 0 saturated heterocycles. The smallest absolute Gasteiger partial charge is 0.0261 e. The summed E-state index contributed by atoms with van der Waals surface area (Å²) in [5.41, 5.74) is 1.51. The molecule has 13 heavy (non-hydrogen) atoms. The second-order valence-electron chi connectivity index (χ2n) is 6.78. The Kier molecular flexibility index (Phi) is 1.49. The summed E-state index contributed by atoms with van der Waals surface area (Å²) < 4.78 is 0. The molecule has 3 saturated carbocycles. The van der Waals surface area contributed by atoms with Crippen LogP contribution in [-0.2, 0) is 0 Å². The molecule has 0 radical (unpaired) electrons. The first-order valence-electron chi connectivity index (χ1n) is 6.10. The van der Waals surface area contributed by atoms with Crippen molar-refractivity contribution in [1.29, 1.82) is 0 Å². The molecular formula is C13H22. The molecule has 0 aromatic rings. The van der Waals surface area contributed by atoms with E-state index in [1.54, 1.807) is 38.5 Å². The molecule has 0 heteroatoms. The Morgan fingerprint density at radius 2 is 1.92 bits per heavy atom. The fraction of sp³-hybridized carbons (Fsp3) is 1.00. The maximum Gasteiger partial charge on any atom is -0.0261 e. The van der Waals surface area contributed by atoms with Crippen LogP contribution in [0, 0.1) is 22.7 Å². The minimum Gasteiger partial charge on any atom is -0.0599 e. The molecule has 0 aromatic carbocycles. The molecule has 3 fully saturated rings. The van der Waals surface area contributed by atoms with E-state index in [0.717, 1.165) is 17.3 Å². The minimum absolute atomic E-state index is 0.671. The molecule has 0 N–H and O–H groups in total. The minimum atomic E-state index is 0.671. The molecule has 3 aliphatic rings. The van der Waals surface area contributed by atoms with Crippen LogP contribution in [-0.4, -0.2) is 0 Å². The quantitative estimate of drug-likeness (QED) is 0.526. The number of hydrogen-bond acceptors (Lipinski definition) is 0. The van der Waals surface area contributed by atoms with Gasteiger partial charge in [-0.05, 0) is 61.2 Å². The van der Waals surface area contributed by atoms with Gasteiger partial charge in [-0.25, -0.2) is 0 Å². The normalized spacial score (nSPS) is 52.2. The molecule has 0 aliphatic heterocycles. The number of fused-ring (bicyclic) bond motifs is 3. The van der Waals surface area contributed by atoms with E-state index >= 15 is 0 Å². The van der Waals surface area contributed by atoms with Gasteiger partial charge in [0.05, 0.1) is 0 Å². The summed E-state index contributed by atoms with van der Waals surface area (Å²) in [5, 5.41) is 0. The van der Waals surface area contributed by atoms with Crippen molar-refractivity contribution >= 4 is 0 Å². The van der Waals surface area contributed by atoms with Crippen molar-refractivity contribution in [2.24, 2.45) is 22.7 Å². The van der Waals surface area contributed by atoms with Gasteiger partial charge in [-0.1, -0.05) is 20.3 Å². The Labute approximate surface area is 82.1 Å². The molecule has 0 amide bonds. The number of hydrogen-bond donors (Lipinski definition) is 0. The molecule has 3 rings (SSSR count). The van der Waals surface area contributed by atoms with E-state index in [1.807, 2.05) is 0 Å². The fourth-order valence-electron chi connectivity index (χ4n) is 4.80. The van der Waals surface area contributed by atoms with Gasteiger partial charge in [0.1, 0.15) is 0 Å². The Hall–Kier alpha value is 0. The topological polar surface area (TPSA) is 0 Å². The third-order valence-electron chi connectivity index (χ3n) is 5.23. The van der Waals surface area contributed by atoms with Gasteiger partial charge in [0.25, 0.3) is 0 Å². The Morgan fingerprint density at radius 3 is 2.38 bits per heavy atom. The lowest BCUT2D eigenvalue weighted by molar-refractivity contribution is 0.151. The number of rotatable bonds is 0. The van der Waals surface area contributed by atoms with Gasteiger partial charge in [-0.15, -0.1) is 0 Å². The highest BCUT2D eigenvalue weighted by atomic mass is 14.6. The monoisotopic (exact) mass is 178 g/mol. The van der Waals surface area contributed by atoms with Gasteiger partial charge in [0.2, 0.25) is 0 Å². The van der Waals surface area contributed by atoms with Crippen molar-refractivity contribution in [3.8, 4) is 0 Å². The predicted octanol–water partition coefficient (Wildman–Crippen LogP) is 4.00. The summed E-state index contributed by atoms with van der Waals surface area (Å²) in [6, 6.07) is 0. The molecule has 3 aliphatic carbocycles. The first-order valence-corrected chi connectivity index (χ1v) is 6.10. The average molecular weight is 178 g/mol. The zero-order chi connectivity index (χ0) is 9.10. The molecule has 3 atom stereocenters. The van der Waals surface area contributed by atoms with E-state index in [1.165, 1.54) is 6.42 Å². The van der Waals surface area contributed by atoms with Crippen LogP contribution in [0.5, 0.6) is 0 Å². The van der Waals surface area contributed by atoms with Crippen molar-refractivity contribution in [2.75, 3.05) is 0 Å². The Bertz CT molecular complexity index is 228. The summed E-state index contributed by atoms with van der Waals surface area (Å²) in [4.78, 5) is 0. The van der Waals surface area contributed by atoms with Gasteiger partial charge in [-0.2, -0.15) is 0 Å². The van der Waals surface area contributed by atoms with Crippen LogP contribution >= 0.6 is 0 Å². The summed E-state index contributed by atoms with van der Waals surface area (Å²) >= 11 is 0. The van der Waals surface area contributed by atoms with Crippen molar-refractivity contribution in [2.45, 2.75) is 58.8 Å². The summed E-state index contributed by atoms with van der Waals surface area (Å²) in [7, 11) is 0. The van der Waals surface area contributed by atoms with E-state index < -0.39 is 0 Å². The molecule has 0 aromatic heterocycles. The lowest BCUT2D eigenvalue weighted by atomic mass is 9.70. The SMILES string of the molecule is CC1(C)CCC2(CC3CCC2C3)C1. The van der Waals surface area contributed by atoms with Crippen LogP contribution < -0.4 is 0 Å². The van der Waals surface area contributed by atoms with Crippen molar-refractivity contribution in [1.82, 2.24) is 0 Å². The van der Waals surface area contributed by atoms with E-state index in [0.29, 0.717) is 5.41 Å². The third kappa shape index (κ3) is 1.10. The second-order valence-corrected chi connectivity index (χ2v) is 6.78. The molecule has 2 bridgehead atoms.